The fourth-order valence-electron chi connectivity index (χ4n) is 3.67. The SMILES string of the molecule is ClC1=CC([C@@]23CCCCC2C3)CC(Cl)=C1. The van der Waals surface area contributed by atoms with Crippen LogP contribution in [0.1, 0.15) is 38.5 Å². The lowest BCUT2D eigenvalue weighted by Gasteiger charge is -2.30. The van der Waals surface area contributed by atoms with E-state index in [1.54, 1.807) is 0 Å². The molecule has 0 aliphatic heterocycles. The predicted octanol–water partition coefficient (Wildman–Crippen LogP) is 4.83. The summed E-state index contributed by atoms with van der Waals surface area (Å²) in [5, 5.41) is 1.79. The van der Waals surface area contributed by atoms with Gasteiger partial charge in [0.05, 0.1) is 0 Å². The third kappa shape index (κ3) is 1.66. The van der Waals surface area contributed by atoms with Crippen molar-refractivity contribution in [2.24, 2.45) is 17.3 Å². The topological polar surface area (TPSA) is 0 Å². The first kappa shape index (κ1) is 10.2. The van der Waals surface area contributed by atoms with Gasteiger partial charge in [-0.15, -0.1) is 0 Å². The smallest absolute Gasteiger partial charge is 0.0380 e. The molecule has 2 unspecified atom stereocenters. The Kier molecular flexibility index (Phi) is 2.41. The van der Waals surface area contributed by atoms with Crippen LogP contribution in [0.4, 0.5) is 0 Å². The average molecular weight is 243 g/mol. The molecule has 0 heterocycles. The summed E-state index contributed by atoms with van der Waals surface area (Å²) >= 11 is 12.2. The lowest BCUT2D eigenvalue weighted by molar-refractivity contribution is 0.258. The predicted molar refractivity (Wildman–Crippen MR) is 65.0 cm³/mol. The van der Waals surface area contributed by atoms with E-state index in [-0.39, 0.29) is 0 Å². The highest BCUT2D eigenvalue weighted by atomic mass is 35.5. The molecule has 2 saturated carbocycles. The Morgan fingerprint density at radius 3 is 2.87 bits per heavy atom. The van der Waals surface area contributed by atoms with E-state index in [0.29, 0.717) is 11.3 Å². The number of rotatable bonds is 1. The van der Waals surface area contributed by atoms with Gasteiger partial charge in [-0.1, -0.05) is 42.1 Å². The molecule has 0 spiro atoms. The molecule has 0 aromatic rings. The molecule has 3 atom stereocenters. The minimum Gasteiger partial charge on any atom is -0.0891 e. The normalized spacial score (nSPS) is 44.1. The van der Waals surface area contributed by atoms with Crippen LogP contribution in [-0.4, -0.2) is 0 Å². The molecule has 0 radical (unpaired) electrons. The van der Waals surface area contributed by atoms with Gasteiger partial charge in [0.2, 0.25) is 0 Å². The molecule has 3 aliphatic carbocycles. The second-order valence-electron chi connectivity index (χ2n) is 5.33. The molecular formula is C13H16Cl2. The van der Waals surface area contributed by atoms with E-state index >= 15 is 0 Å². The standard InChI is InChI=1S/C13H16Cl2/c14-11-5-10(6-12(15)7-11)13-4-2-1-3-9(13)8-13/h5,7,9-10H,1-4,6,8H2/t9?,10?,13-/m1/s1. The van der Waals surface area contributed by atoms with Crippen molar-refractivity contribution >= 4 is 23.2 Å². The second-order valence-corrected chi connectivity index (χ2v) is 6.26. The molecule has 3 rings (SSSR count). The molecule has 0 aromatic heterocycles. The van der Waals surface area contributed by atoms with Crippen molar-refractivity contribution in [3.8, 4) is 0 Å². The van der Waals surface area contributed by atoms with Crippen LogP contribution in [0, 0.1) is 17.3 Å². The summed E-state index contributed by atoms with van der Waals surface area (Å²) in [6, 6.07) is 0. The monoisotopic (exact) mass is 242 g/mol. The molecular weight excluding hydrogens is 227 g/mol. The Labute approximate surface area is 101 Å². The highest BCUT2D eigenvalue weighted by Crippen LogP contribution is 2.67. The second kappa shape index (κ2) is 3.53. The van der Waals surface area contributed by atoms with Gasteiger partial charge in [0, 0.05) is 10.1 Å². The molecule has 0 aromatic carbocycles. The van der Waals surface area contributed by atoms with Crippen LogP contribution in [0.2, 0.25) is 0 Å². The zero-order chi connectivity index (χ0) is 10.5. The first-order valence-electron chi connectivity index (χ1n) is 5.94. The minimum atomic E-state index is 0.590. The van der Waals surface area contributed by atoms with Crippen LogP contribution in [0.25, 0.3) is 0 Å². The number of halogens is 2. The summed E-state index contributed by atoms with van der Waals surface area (Å²) in [6.45, 7) is 0. The summed E-state index contributed by atoms with van der Waals surface area (Å²) in [4.78, 5) is 0. The molecule has 2 fully saturated rings. The van der Waals surface area contributed by atoms with Gasteiger partial charge in [-0.3, -0.25) is 0 Å². The molecule has 15 heavy (non-hydrogen) atoms. The van der Waals surface area contributed by atoms with Gasteiger partial charge in [-0.25, -0.2) is 0 Å². The van der Waals surface area contributed by atoms with E-state index in [9.17, 15) is 0 Å². The van der Waals surface area contributed by atoms with Crippen molar-refractivity contribution in [2.75, 3.05) is 0 Å². The quantitative estimate of drug-likeness (QED) is 0.618. The highest BCUT2D eigenvalue weighted by molar-refractivity contribution is 6.34. The average Bonchev–Trinajstić information content (AvgIpc) is 2.91. The largest absolute Gasteiger partial charge is 0.0891 e. The van der Waals surface area contributed by atoms with Crippen LogP contribution in [-0.2, 0) is 0 Å². The number of fused-ring (bicyclic) bond motifs is 1. The fourth-order valence-corrected chi connectivity index (χ4v) is 4.29. The summed E-state index contributed by atoms with van der Waals surface area (Å²) in [7, 11) is 0. The first-order valence-corrected chi connectivity index (χ1v) is 6.70. The van der Waals surface area contributed by atoms with Gasteiger partial charge in [-0.2, -0.15) is 0 Å². The van der Waals surface area contributed by atoms with Crippen molar-refractivity contribution in [3.05, 3.63) is 22.2 Å². The van der Waals surface area contributed by atoms with E-state index in [4.69, 9.17) is 23.2 Å². The van der Waals surface area contributed by atoms with E-state index < -0.39 is 0 Å². The zero-order valence-electron chi connectivity index (χ0n) is 8.81. The minimum absolute atomic E-state index is 0.590. The van der Waals surface area contributed by atoms with Crippen LogP contribution in [0.15, 0.2) is 22.2 Å². The fraction of sp³-hybridized carbons (Fsp3) is 0.692. The Morgan fingerprint density at radius 2 is 2.13 bits per heavy atom. The summed E-state index contributed by atoms with van der Waals surface area (Å²) in [6.07, 6.45) is 12.3. The van der Waals surface area contributed by atoms with Crippen LogP contribution >= 0.6 is 23.2 Å². The van der Waals surface area contributed by atoms with Crippen LogP contribution in [0.5, 0.6) is 0 Å². The maximum absolute atomic E-state index is 6.14. The lowest BCUT2D eigenvalue weighted by atomic mass is 9.75. The lowest BCUT2D eigenvalue weighted by Crippen LogP contribution is -2.21. The van der Waals surface area contributed by atoms with Crippen molar-refractivity contribution < 1.29 is 0 Å². The highest BCUT2D eigenvalue weighted by Gasteiger charge is 2.58. The Bertz CT molecular complexity index is 342. The van der Waals surface area contributed by atoms with Gasteiger partial charge < -0.3 is 0 Å². The third-order valence-electron chi connectivity index (χ3n) is 4.53. The van der Waals surface area contributed by atoms with Crippen molar-refractivity contribution in [3.63, 3.8) is 0 Å². The Hall–Kier alpha value is 0.0600. The molecule has 0 N–H and O–H groups in total. The van der Waals surface area contributed by atoms with E-state index in [2.05, 4.69) is 6.08 Å². The van der Waals surface area contributed by atoms with Crippen LogP contribution in [0.3, 0.4) is 0 Å². The van der Waals surface area contributed by atoms with E-state index in [0.717, 1.165) is 22.4 Å². The first-order chi connectivity index (χ1) is 7.21. The third-order valence-corrected chi connectivity index (χ3v) is 5.03. The van der Waals surface area contributed by atoms with Crippen LogP contribution < -0.4 is 0 Å². The van der Waals surface area contributed by atoms with Gasteiger partial charge in [0.1, 0.15) is 0 Å². The number of allylic oxidation sites excluding steroid dienone is 4. The van der Waals surface area contributed by atoms with Gasteiger partial charge >= 0.3 is 0 Å². The maximum Gasteiger partial charge on any atom is 0.0380 e. The Balaban J connectivity index is 1.82. The molecule has 82 valence electrons. The van der Waals surface area contributed by atoms with Crippen molar-refractivity contribution in [1.29, 1.82) is 0 Å². The van der Waals surface area contributed by atoms with E-state index in [1.165, 1.54) is 32.1 Å². The van der Waals surface area contributed by atoms with Gasteiger partial charge in [0.25, 0.3) is 0 Å². The van der Waals surface area contributed by atoms with Gasteiger partial charge in [0.15, 0.2) is 0 Å². The van der Waals surface area contributed by atoms with Crippen molar-refractivity contribution in [2.45, 2.75) is 38.5 Å². The number of hydrogen-bond acceptors (Lipinski definition) is 0. The molecule has 0 nitrogen and oxygen atoms in total. The molecule has 2 heteroatoms. The van der Waals surface area contributed by atoms with E-state index in [1.807, 2.05) is 6.08 Å². The molecule has 3 aliphatic rings. The summed E-state index contributed by atoms with van der Waals surface area (Å²) in [5.41, 5.74) is 0.590. The molecule has 0 amide bonds. The molecule has 0 bridgehead atoms. The summed E-state index contributed by atoms with van der Waals surface area (Å²) in [5.74, 6) is 1.59. The Morgan fingerprint density at radius 1 is 1.27 bits per heavy atom. The summed E-state index contributed by atoms with van der Waals surface area (Å²) < 4.78 is 0. The van der Waals surface area contributed by atoms with Gasteiger partial charge in [-0.05, 0) is 49.0 Å². The number of hydrogen-bond donors (Lipinski definition) is 0. The maximum atomic E-state index is 6.14. The zero-order valence-corrected chi connectivity index (χ0v) is 10.3. The van der Waals surface area contributed by atoms with Crippen molar-refractivity contribution in [1.82, 2.24) is 0 Å². The molecule has 0 saturated heterocycles.